The van der Waals surface area contributed by atoms with Gasteiger partial charge in [0.25, 0.3) is 0 Å². The van der Waals surface area contributed by atoms with Crippen molar-refractivity contribution < 1.29 is 9.63 Å². The Morgan fingerprint density at radius 2 is 1.37 bits per heavy atom. The minimum Gasteiger partial charge on any atom is -0.297 e. The molecule has 4 nitrogen and oxygen atoms in total. The fraction of sp³-hybridized carbons (Fsp3) is 0.118. The van der Waals surface area contributed by atoms with Gasteiger partial charge in [0.1, 0.15) is 0 Å². The minimum absolute atomic E-state index is 0.0759. The SMILES string of the molecule is Cc1ccc(N2C(=O)O/N=C(/c3ccccc3)[C@H](C)[C@H](c3ccccc3)/C=C2/C=C/c2ccccc2)cc1. The molecule has 2 atom stereocenters. The molecule has 5 rings (SSSR count). The Kier molecular flexibility index (Phi) is 7.60. The van der Waals surface area contributed by atoms with E-state index in [1.807, 2.05) is 122 Å². The molecule has 1 heterocycles. The van der Waals surface area contributed by atoms with E-state index < -0.39 is 6.09 Å². The summed E-state index contributed by atoms with van der Waals surface area (Å²) in [6, 6.07) is 38.2. The summed E-state index contributed by atoms with van der Waals surface area (Å²) in [5.74, 6) is -0.154. The Bertz CT molecular complexity index is 1460. The van der Waals surface area contributed by atoms with Crippen molar-refractivity contribution in [3.05, 3.63) is 155 Å². The zero-order valence-corrected chi connectivity index (χ0v) is 21.6. The van der Waals surface area contributed by atoms with Crippen LogP contribution in [-0.4, -0.2) is 11.8 Å². The third-order valence-corrected chi connectivity index (χ3v) is 6.78. The number of carbonyl (C=O) groups is 1. The molecule has 4 aromatic rings. The number of anilines is 1. The highest BCUT2D eigenvalue weighted by atomic mass is 16.7. The third-order valence-electron chi connectivity index (χ3n) is 6.78. The summed E-state index contributed by atoms with van der Waals surface area (Å²) in [6.45, 7) is 4.16. The molecule has 1 aliphatic heterocycles. The standard InChI is InChI=1S/C34H30N2O2/c1-25-18-21-30(22-19-25)36-31(23-20-27-12-6-3-7-13-27)24-32(28-14-8-4-9-15-28)26(2)33(35-38-34(36)37)29-16-10-5-11-17-29/h3-24,26,32H,1-2H3/b23-20+,31-24-,35-33+/t26-,32-/m1/s1. The summed E-state index contributed by atoms with van der Waals surface area (Å²) in [4.78, 5) is 20.9. The smallest absolute Gasteiger partial charge is 0.297 e. The first-order chi connectivity index (χ1) is 18.6. The number of allylic oxidation sites excluding steroid dienone is 2. The number of benzene rings is 4. The molecule has 38 heavy (non-hydrogen) atoms. The van der Waals surface area contributed by atoms with Gasteiger partial charge in [-0.1, -0.05) is 133 Å². The lowest BCUT2D eigenvalue weighted by atomic mass is 9.81. The number of carbonyl (C=O) groups excluding carboxylic acids is 1. The van der Waals surface area contributed by atoms with Crippen LogP contribution in [0.25, 0.3) is 6.08 Å². The van der Waals surface area contributed by atoms with Gasteiger partial charge >= 0.3 is 6.09 Å². The molecule has 0 saturated carbocycles. The van der Waals surface area contributed by atoms with Gasteiger partial charge in [0.05, 0.1) is 11.4 Å². The Balaban J connectivity index is 1.71. The van der Waals surface area contributed by atoms with E-state index in [0.29, 0.717) is 11.4 Å². The van der Waals surface area contributed by atoms with E-state index in [4.69, 9.17) is 4.84 Å². The zero-order valence-electron chi connectivity index (χ0n) is 21.6. The second-order valence-corrected chi connectivity index (χ2v) is 9.43. The van der Waals surface area contributed by atoms with E-state index in [0.717, 1.165) is 28.0 Å². The fourth-order valence-corrected chi connectivity index (χ4v) is 4.70. The Morgan fingerprint density at radius 3 is 2.03 bits per heavy atom. The molecule has 0 fully saturated rings. The van der Waals surface area contributed by atoms with Gasteiger partial charge in [-0.15, -0.1) is 0 Å². The van der Waals surface area contributed by atoms with Crippen LogP contribution in [0, 0.1) is 12.8 Å². The van der Waals surface area contributed by atoms with Crippen LogP contribution in [0.1, 0.15) is 35.1 Å². The van der Waals surface area contributed by atoms with Gasteiger partial charge in [0.2, 0.25) is 0 Å². The Hall–Kier alpha value is -4.70. The first-order valence-electron chi connectivity index (χ1n) is 12.8. The second-order valence-electron chi connectivity index (χ2n) is 9.43. The monoisotopic (exact) mass is 498 g/mol. The van der Waals surface area contributed by atoms with Crippen molar-refractivity contribution in [2.45, 2.75) is 19.8 Å². The molecule has 0 N–H and O–H groups in total. The van der Waals surface area contributed by atoms with Crippen molar-refractivity contribution >= 4 is 23.6 Å². The van der Waals surface area contributed by atoms with E-state index >= 15 is 0 Å². The van der Waals surface area contributed by atoms with Crippen molar-refractivity contribution in [2.75, 3.05) is 4.90 Å². The minimum atomic E-state index is -0.563. The zero-order chi connectivity index (χ0) is 26.3. The predicted molar refractivity (Wildman–Crippen MR) is 155 cm³/mol. The maximum atomic E-state index is 13.7. The van der Waals surface area contributed by atoms with Crippen molar-refractivity contribution in [3.8, 4) is 0 Å². The van der Waals surface area contributed by atoms with Crippen molar-refractivity contribution in [1.29, 1.82) is 0 Å². The number of oxime groups is 1. The van der Waals surface area contributed by atoms with Gasteiger partial charge in [-0.05, 0) is 41.8 Å². The maximum absolute atomic E-state index is 13.7. The molecule has 0 bridgehead atoms. The average molecular weight is 499 g/mol. The number of aryl methyl sites for hydroxylation is 1. The van der Waals surface area contributed by atoms with Crippen LogP contribution in [0.2, 0.25) is 0 Å². The molecular formula is C34H30N2O2. The number of rotatable bonds is 5. The number of amides is 1. The highest BCUT2D eigenvalue weighted by molar-refractivity contribution is 6.03. The van der Waals surface area contributed by atoms with Crippen LogP contribution in [-0.2, 0) is 4.84 Å². The molecule has 4 heteroatoms. The van der Waals surface area contributed by atoms with Gasteiger partial charge in [0.15, 0.2) is 0 Å². The summed E-state index contributed by atoms with van der Waals surface area (Å²) in [5.41, 5.74) is 6.35. The first-order valence-corrected chi connectivity index (χ1v) is 12.8. The van der Waals surface area contributed by atoms with E-state index in [1.165, 1.54) is 0 Å². The third kappa shape index (κ3) is 5.65. The largest absolute Gasteiger partial charge is 0.445 e. The van der Waals surface area contributed by atoms with Gasteiger partial charge in [-0.2, -0.15) is 0 Å². The van der Waals surface area contributed by atoms with E-state index in [2.05, 4.69) is 30.3 Å². The molecule has 0 spiro atoms. The van der Waals surface area contributed by atoms with Crippen LogP contribution in [0.15, 0.2) is 138 Å². The van der Waals surface area contributed by atoms with Crippen molar-refractivity contribution in [1.82, 2.24) is 0 Å². The van der Waals surface area contributed by atoms with Crippen LogP contribution in [0.5, 0.6) is 0 Å². The molecule has 0 saturated heterocycles. The lowest BCUT2D eigenvalue weighted by Crippen LogP contribution is -2.29. The van der Waals surface area contributed by atoms with E-state index in [-0.39, 0.29) is 11.8 Å². The second kappa shape index (κ2) is 11.6. The van der Waals surface area contributed by atoms with Gasteiger partial charge in [-0.3, -0.25) is 4.84 Å². The fourth-order valence-electron chi connectivity index (χ4n) is 4.70. The summed E-state index contributed by atoms with van der Waals surface area (Å²) in [6.07, 6.45) is 5.59. The molecule has 0 radical (unpaired) electrons. The Morgan fingerprint density at radius 1 is 0.763 bits per heavy atom. The molecule has 0 unspecified atom stereocenters. The predicted octanol–water partition coefficient (Wildman–Crippen LogP) is 8.37. The van der Waals surface area contributed by atoms with E-state index in [9.17, 15) is 4.79 Å². The molecule has 1 aliphatic rings. The molecule has 188 valence electrons. The van der Waals surface area contributed by atoms with Crippen LogP contribution in [0.3, 0.4) is 0 Å². The molecule has 0 aromatic heterocycles. The summed E-state index contributed by atoms with van der Waals surface area (Å²) >= 11 is 0. The molecule has 0 aliphatic carbocycles. The quantitative estimate of drug-likeness (QED) is 0.259. The van der Waals surface area contributed by atoms with Crippen molar-refractivity contribution in [2.24, 2.45) is 11.1 Å². The Labute approximate surface area is 224 Å². The molecule has 4 aromatic carbocycles. The lowest BCUT2D eigenvalue weighted by Gasteiger charge is -2.25. The van der Waals surface area contributed by atoms with Crippen LogP contribution < -0.4 is 4.90 Å². The summed E-state index contributed by atoms with van der Waals surface area (Å²) in [5, 5.41) is 4.47. The lowest BCUT2D eigenvalue weighted by molar-refractivity contribution is 0.160. The summed E-state index contributed by atoms with van der Waals surface area (Å²) < 4.78 is 0. The molecule has 1 amide bonds. The van der Waals surface area contributed by atoms with Gasteiger partial charge in [0, 0.05) is 17.5 Å². The molecular weight excluding hydrogens is 468 g/mol. The van der Waals surface area contributed by atoms with Gasteiger partial charge < -0.3 is 0 Å². The average Bonchev–Trinajstić information content (AvgIpc) is 3.01. The number of hydrogen-bond acceptors (Lipinski definition) is 3. The van der Waals surface area contributed by atoms with E-state index in [1.54, 1.807) is 4.90 Å². The maximum Gasteiger partial charge on any atom is 0.445 e. The van der Waals surface area contributed by atoms with Crippen LogP contribution in [0.4, 0.5) is 10.5 Å². The topological polar surface area (TPSA) is 41.9 Å². The normalized spacial score (nSPS) is 20.9. The first kappa shape index (κ1) is 25.0. The highest BCUT2D eigenvalue weighted by Gasteiger charge is 2.30. The van der Waals surface area contributed by atoms with Crippen LogP contribution >= 0.6 is 0 Å². The summed E-state index contributed by atoms with van der Waals surface area (Å²) in [7, 11) is 0. The van der Waals surface area contributed by atoms with Gasteiger partial charge in [-0.25, -0.2) is 9.69 Å². The number of hydrogen-bond donors (Lipinski definition) is 0. The number of nitrogens with zero attached hydrogens (tertiary/aromatic N) is 2. The highest BCUT2D eigenvalue weighted by Crippen LogP contribution is 2.34. The van der Waals surface area contributed by atoms with Crippen molar-refractivity contribution in [3.63, 3.8) is 0 Å².